The molecule has 0 amide bonds. The van der Waals surface area contributed by atoms with E-state index in [1.807, 2.05) is 0 Å². The molecule has 0 aliphatic carbocycles. The predicted octanol–water partition coefficient (Wildman–Crippen LogP) is 21.1. The van der Waals surface area contributed by atoms with Crippen molar-refractivity contribution >= 4 is 39.5 Å². The van der Waals surface area contributed by atoms with Crippen molar-refractivity contribution in [1.29, 1.82) is 0 Å². The summed E-state index contributed by atoms with van der Waals surface area (Å²) in [6, 6.07) is 0. The Hall–Kier alpha value is -1.94. The van der Waals surface area contributed by atoms with Crippen LogP contribution in [-0.2, 0) is 65.4 Å². The summed E-state index contributed by atoms with van der Waals surface area (Å²) in [4.78, 5) is 72.4. The first kappa shape index (κ1) is 89.1. The molecule has 0 bridgehead atoms. The topological polar surface area (TPSA) is 237 Å². The molecular formula is C72H140O17P2. The number of ether oxygens (including phenoxy) is 4. The highest BCUT2D eigenvalue weighted by Crippen LogP contribution is 2.45. The maximum absolute atomic E-state index is 13.0. The normalized spacial score (nSPS) is 14.0. The standard InChI is InChI=1S/C72H140O17P2/c1-5-9-13-17-21-25-27-29-31-33-34-35-37-39-41-43-47-51-55-59-72(77)89-68(63-83-70(75)57-53-49-46-42-40-38-36-32-30-28-26-22-18-14-10-6-2)65-87-91(80,81)85-61-66(73)60-84-90(78,79)86-64-67(88-71(76)58-54-50-45-24-20-16-12-8-4)62-82-69(74)56-52-48-44-23-19-15-11-7-3/h66-68,73H,5-65H2,1-4H3,(H,78,79)(H,80,81)/t66-,67+,68+/m0/s1. The summed E-state index contributed by atoms with van der Waals surface area (Å²) in [5.41, 5.74) is 0. The zero-order chi connectivity index (χ0) is 66.8. The lowest BCUT2D eigenvalue weighted by Gasteiger charge is -2.21. The van der Waals surface area contributed by atoms with E-state index in [2.05, 4.69) is 27.7 Å². The zero-order valence-corrected chi connectivity index (χ0v) is 60.6. The minimum Gasteiger partial charge on any atom is -0.462 e. The highest BCUT2D eigenvalue weighted by atomic mass is 31.2. The number of phosphoric ester groups is 2. The Kier molecular flexibility index (Phi) is 65.2. The lowest BCUT2D eigenvalue weighted by Crippen LogP contribution is -2.30. The molecule has 0 spiro atoms. The van der Waals surface area contributed by atoms with E-state index < -0.39 is 97.5 Å². The third-order valence-electron chi connectivity index (χ3n) is 16.9. The molecule has 17 nitrogen and oxygen atoms in total. The van der Waals surface area contributed by atoms with Crippen LogP contribution in [0.1, 0.15) is 381 Å². The molecule has 0 radical (unpaired) electrons. The highest BCUT2D eigenvalue weighted by molar-refractivity contribution is 7.47. The third-order valence-corrected chi connectivity index (χ3v) is 18.8. The van der Waals surface area contributed by atoms with Crippen molar-refractivity contribution in [3.05, 3.63) is 0 Å². The predicted molar refractivity (Wildman–Crippen MR) is 368 cm³/mol. The number of hydrogen-bond acceptors (Lipinski definition) is 15. The molecule has 5 atom stereocenters. The van der Waals surface area contributed by atoms with Crippen LogP contribution in [0, 0.1) is 0 Å². The number of carbonyl (C=O) groups excluding carboxylic acids is 4. The summed E-state index contributed by atoms with van der Waals surface area (Å²) < 4.78 is 68.2. The van der Waals surface area contributed by atoms with Gasteiger partial charge in [0.2, 0.25) is 0 Å². The number of hydrogen-bond donors (Lipinski definition) is 3. The van der Waals surface area contributed by atoms with E-state index in [9.17, 15) is 43.2 Å². The molecule has 19 heteroatoms. The second-order valence-electron chi connectivity index (χ2n) is 26.0. The van der Waals surface area contributed by atoms with Crippen LogP contribution in [0.25, 0.3) is 0 Å². The van der Waals surface area contributed by atoms with Gasteiger partial charge < -0.3 is 33.8 Å². The summed E-state index contributed by atoms with van der Waals surface area (Å²) in [6.45, 7) is 4.91. The van der Waals surface area contributed by atoms with Crippen LogP contribution in [0.4, 0.5) is 0 Å². The molecule has 0 aromatic carbocycles. The minimum atomic E-state index is -4.95. The average molecular weight is 1340 g/mol. The molecule has 0 aliphatic rings. The Morgan fingerprint density at radius 1 is 0.264 bits per heavy atom. The number of unbranched alkanes of at least 4 members (excludes halogenated alkanes) is 47. The first-order valence-electron chi connectivity index (χ1n) is 37.8. The van der Waals surface area contributed by atoms with Crippen molar-refractivity contribution in [2.45, 2.75) is 399 Å². The van der Waals surface area contributed by atoms with Crippen LogP contribution in [-0.4, -0.2) is 96.7 Å². The lowest BCUT2D eigenvalue weighted by molar-refractivity contribution is -0.161. The Morgan fingerprint density at radius 2 is 0.440 bits per heavy atom. The minimum absolute atomic E-state index is 0.105. The molecule has 0 rings (SSSR count). The third kappa shape index (κ3) is 66.5. The van der Waals surface area contributed by atoms with Gasteiger partial charge in [0.05, 0.1) is 26.4 Å². The van der Waals surface area contributed by atoms with Gasteiger partial charge in [-0.2, -0.15) is 0 Å². The van der Waals surface area contributed by atoms with Crippen molar-refractivity contribution < 1.29 is 80.2 Å². The Morgan fingerprint density at radius 3 is 0.648 bits per heavy atom. The molecule has 0 heterocycles. The summed E-state index contributed by atoms with van der Waals surface area (Å²) in [5, 5.41) is 10.6. The number of esters is 4. The van der Waals surface area contributed by atoms with E-state index in [1.54, 1.807) is 0 Å². The van der Waals surface area contributed by atoms with Crippen LogP contribution in [0.3, 0.4) is 0 Å². The smallest absolute Gasteiger partial charge is 0.462 e. The van der Waals surface area contributed by atoms with E-state index >= 15 is 0 Å². The molecule has 91 heavy (non-hydrogen) atoms. The molecule has 0 saturated carbocycles. The van der Waals surface area contributed by atoms with Crippen LogP contribution in [0.15, 0.2) is 0 Å². The van der Waals surface area contributed by atoms with Gasteiger partial charge in [0.15, 0.2) is 12.2 Å². The second-order valence-corrected chi connectivity index (χ2v) is 28.9. The molecule has 0 aromatic heterocycles. The van der Waals surface area contributed by atoms with Gasteiger partial charge >= 0.3 is 39.5 Å². The molecule has 540 valence electrons. The van der Waals surface area contributed by atoms with Gasteiger partial charge in [0.25, 0.3) is 0 Å². The fraction of sp³-hybridized carbons (Fsp3) is 0.944. The number of aliphatic hydroxyl groups is 1. The highest BCUT2D eigenvalue weighted by Gasteiger charge is 2.30. The maximum Gasteiger partial charge on any atom is 0.472 e. The van der Waals surface area contributed by atoms with Gasteiger partial charge in [-0.15, -0.1) is 0 Å². The van der Waals surface area contributed by atoms with E-state index in [4.69, 9.17) is 37.0 Å². The zero-order valence-electron chi connectivity index (χ0n) is 58.8. The fourth-order valence-electron chi connectivity index (χ4n) is 11.0. The number of rotatable bonds is 73. The number of aliphatic hydroxyl groups excluding tert-OH is 1. The fourth-order valence-corrected chi connectivity index (χ4v) is 12.6. The number of phosphoric acid groups is 2. The largest absolute Gasteiger partial charge is 0.472 e. The summed E-state index contributed by atoms with van der Waals surface area (Å²) in [5.74, 6) is -2.12. The van der Waals surface area contributed by atoms with Crippen molar-refractivity contribution in [3.63, 3.8) is 0 Å². The van der Waals surface area contributed by atoms with Gasteiger partial charge in [0.1, 0.15) is 19.3 Å². The van der Waals surface area contributed by atoms with Crippen molar-refractivity contribution in [3.8, 4) is 0 Å². The Balaban J connectivity index is 5.16. The summed E-state index contributed by atoms with van der Waals surface area (Å²) >= 11 is 0. The monoisotopic (exact) mass is 1340 g/mol. The van der Waals surface area contributed by atoms with E-state index in [1.165, 1.54) is 199 Å². The quantitative estimate of drug-likeness (QED) is 0.0222. The van der Waals surface area contributed by atoms with Crippen molar-refractivity contribution in [1.82, 2.24) is 0 Å². The van der Waals surface area contributed by atoms with Crippen LogP contribution in [0.2, 0.25) is 0 Å². The average Bonchev–Trinajstić information content (AvgIpc) is 3.74. The summed E-state index contributed by atoms with van der Waals surface area (Å²) in [7, 11) is -9.89. The maximum atomic E-state index is 13.0. The van der Waals surface area contributed by atoms with Crippen molar-refractivity contribution in [2.75, 3.05) is 39.6 Å². The summed E-state index contributed by atoms with van der Waals surface area (Å²) in [6.07, 6.45) is 55.7. The Labute approximate surface area is 556 Å². The van der Waals surface area contributed by atoms with Gasteiger partial charge in [-0.25, -0.2) is 9.13 Å². The molecule has 0 aromatic rings. The second kappa shape index (κ2) is 66.7. The van der Waals surface area contributed by atoms with Gasteiger partial charge in [-0.3, -0.25) is 37.3 Å². The SMILES string of the molecule is CCCCCCCCCCCCCCCCCCCCCC(=O)O[C@H](COC(=O)CCCCCCCCCCCCCCCCCC)COP(=O)(O)OC[C@@H](O)COP(=O)(O)OC[C@@H](COC(=O)CCCCCCCCCC)OC(=O)CCCCCCCCCC. The molecule has 2 unspecified atom stereocenters. The van der Waals surface area contributed by atoms with Gasteiger partial charge in [0, 0.05) is 25.7 Å². The van der Waals surface area contributed by atoms with E-state index in [0.29, 0.717) is 25.7 Å². The first-order chi connectivity index (χ1) is 44.2. The van der Waals surface area contributed by atoms with Gasteiger partial charge in [-0.1, -0.05) is 329 Å². The van der Waals surface area contributed by atoms with E-state index in [0.717, 1.165) is 103 Å². The Bertz CT molecular complexity index is 1740. The number of carbonyl (C=O) groups is 4. The van der Waals surface area contributed by atoms with Gasteiger partial charge in [-0.05, 0) is 25.7 Å². The van der Waals surface area contributed by atoms with Crippen LogP contribution < -0.4 is 0 Å². The molecular weight excluding hydrogens is 1200 g/mol. The van der Waals surface area contributed by atoms with Crippen LogP contribution >= 0.6 is 15.6 Å². The van der Waals surface area contributed by atoms with E-state index in [-0.39, 0.29) is 25.7 Å². The van der Waals surface area contributed by atoms with Crippen LogP contribution in [0.5, 0.6) is 0 Å². The first-order valence-corrected chi connectivity index (χ1v) is 40.8. The molecule has 0 saturated heterocycles. The van der Waals surface area contributed by atoms with Crippen molar-refractivity contribution in [2.24, 2.45) is 0 Å². The molecule has 0 fully saturated rings. The molecule has 3 N–H and O–H groups in total. The molecule has 0 aliphatic heterocycles. The lowest BCUT2D eigenvalue weighted by atomic mass is 10.0.